The van der Waals surface area contributed by atoms with Crippen molar-refractivity contribution in [2.24, 2.45) is 5.14 Å². The molecule has 0 saturated heterocycles. The molecule has 0 saturated carbocycles. The predicted octanol–water partition coefficient (Wildman–Crippen LogP) is 1.95. The molecule has 0 fully saturated rings. The molecule has 9 nitrogen and oxygen atoms in total. The number of primary sulfonamides is 1. The Morgan fingerprint density at radius 2 is 1.78 bits per heavy atom. The number of nitrogens with zero attached hydrogens (tertiary/aromatic N) is 1. The lowest BCUT2D eigenvalue weighted by Gasteiger charge is -2.05. The summed E-state index contributed by atoms with van der Waals surface area (Å²) in [6.45, 7) is 0.388. The monoisotopic (exact) mass is 474 g/mol. The lowest BCUT2D eigenvalue weighted by atomic mass is 10.1. The topological polar surface area (TPSA) is 140 Å². The fourth-order valence-corrected chi connectivity index (χ4v) is 4.00. The van der Waals surface area contributed by atoms with Crippen LogP contribution in [0, 0.1) is 0 Å². The van der Waals surface area contributed by atoms with Gasteiger partial charge in [-0.2, -0.15) is 0 Å². The van der Waals surface area contributed by atoms with E-state index in [0.29, 0.717) is 35.1 Å². The van der Waals surface area contributed by atoms with Crippen molar-refractivity contribution in [1.29, 1.82) is 0 Å². The van der Waals surface area contributed by atoms with Gasteiger partial charge in [0.25, 0.3) is 5.91 Å². The summed E-state index contributed by atoms with van der Waals surface area (Å²) in [6, 6.07) is 12.9. The highest BCUT2D eigenvalue weighted by atomic mass is 32.2. The van der Waals surface area contributed by atoms with Gasteiger partial charge in [0.15, 0.2) is 5.13 Å². The minimum absolute atomic E-state index is 0.0451. The first-order valence-corrected chi connectivity index (χ1v) is 12.0. The molecule has 0 atom stereocenters. The van der Waals surface area contributed by atoms with Crippen molar-refractivity contribution in [1.82, 2.24) is 10.3 Å². The molecule has 0 aliphatic carbocycles. The number of rotatable bonds is 9. The molecule has 0 aliphatic rings. The van der Waals surface area contributed by atoms with Gasteiger partial charge in [0.2, 0.25) is 15.9 Å². The molecule has 1 heterocycles. The van der Waals surface area contributed by atoms with Crippen LogP contribution >= 0.6 is 11.3 Å². The molecule has 0 unspecified atom stereocenters. The van der Waals surface area contributed by atoms with E-state index in [2.05, 4.69) is 15.6 Å². The standard InChI is InChI=1S/C21H22N4O5S2/c1-30-17-6-4-15(5-7-17)20(27)25-21-24-16(13-31-21)12-19(26)23-11-10-14-2-8-18(9-3-14)32(22,28)29/h2-9,13H,10-12H2,1H3,(H,23,26)(H2,22,28,29)(H,24,25,27). The number of nitrogens with one attached hydrogen (secondary N) is 2. The number of ether oxygens (including phenoxy) is 1. The van der Waals surface area contributed by atoms with Crippen molar-refractivity contribution in [2.75, 3.05) is 19.0 Å². The van der Waals surface area contributed by atoms with Crippen molar-refractivity contribution < 1.29 is 22.7 Å². The van der Waals surface area contributed by atoms with Gasteiger partial charge in [-0.25, -0.2) is 18.5 Å². The van der Waals surface area contributed by atoms with Crippen LogP contribution in [0.4, 0.5) is 5.13 Å². The van der Waals surface area contributed by atoms with Gasteiger partial charge in [0.1, 0.15) is 5.75 Å². The van der Waals surface area contributed by atoms with Crippen molar-refractivity contribution in [3.8, 4) is 5.75 Å². The largest absolute Gasteiger partial charge is 0.497 e. The lowest BCUT2D eigenvalue weighted by Crippen LogP contribution is -2.27. The number of methoxy groups -OCH3 is 1. The summed E-state index contributed by atoms with van der Waals surface area (Å²) >= 11 is 1.24. The Kier molecular flexibility index (Phi) is 7.57. The quantitative estimate of drug-likeness (QED) is 0.433. The maximum Gasteiger partial charge on any atom is 0.257 e. The van der Waals surface area contributed by atoms with Crippen LogP contribution in [0.2, 0.25) is 0 Å². The summed E-state index contributed by atoms with van der Waals surface area (Å²) in [5.41, 5.74) is 1.89. The normalized spacial score (nSPS) is 11.1. The number of aromatic nitrogens is 1. The average Bonchev–Trinajstić information content (AvgIpc) is 3.20. The highest BCUT2D eigenvalue weighted by Crippen LogP contribution is 2.18. The molecule has 0 aliphatic heterocycles. The van der Waals surface area contributed by atoms with Crippen LogP contribution in [0.3, 0.4) is 0 Å². The third-order valence-corrected chi connectivity index (χ3v) is 6.19. The Bertz CT molecular complexity index is 1190. The zero-order chi connectivity index (χ0) is 23.1. The molecule has 0 radical (unpaired) electrons. The highest BCUT2D eigenvalue weighted by molar-refractivity contribution is 7.89. The van der Waals surface area contributed by atoms with Crippen LogP contribution in [0.25, 0.3) is 0 Å². The number of anilines is 1. The second-order valence-corrected chi connectivity index (χ2v) is 9.21. The van der Waals surface area contributed by atoms with Crippen molar-refractivity contribution in [3.05, 3.63) is 70.7 Å². The lowest BCUT2D eigenvalue weighted by molar-refractivity contribution is -0.120. The van der Waals surface area contributed by atoms with Gasteiger partial charge in [0.05, 0.1) is 24.1 Å². The number of carbonyl (C=O) groups excluding carboxylic acids is 2. The molecule has 0 spiro atoms. The van der Waals surface area contributed by atoms with Crippen LogP contribution in [-0.2, 0) is 27.7 Å². The summed E-state index contributed by atoms with van der Waals surface area (Å²) in [4.78, 5) is 28.8. The Morgan fingerprint density at radius 3 is 2.41 bits per heavy atom. The van der Waals surface area contributed by atoms with Gasteiger partial charge in [-0.15, -0.1) is 11.3 Å². The van der Waals surface area contributed by atoms with Crippen molar-refractivity contribution >= 4 is 38.3 Å². The molecule has 11 heteroatoms. The first-order valence-electron chi connectivity index (χ1n) is 9.53. The number of hydrogen-bond acceptors (Lipinski definition) is 7. The van der Waals surface area contributed by atoms with Crippen LogP contribution in [0.1, 0.15) is 21.6 Å². The van der Waals surface area contributed by atoms with E-state index in [1.165, 1.54) is 23.5 Å². The summed E-state index contributed by atoms with van der Waals surface area (Å²) in [5.74, 6) is 0.153. The van der Waals surface area contributed by atoms with E-state index < -0.39 is 10.0 Å². The van der Waals surface area contributed by atoms with Crippen LogP contribution in [-0.4, -0.2) is 38.9 Å². The van der Waals surface area contributed by atoms with Gasteiger partial charge in [-0.3, -0.25) is 14.9 Å². The Balaban J connectivity index is 1.45. The first kappa shape index (κ1) is 23.4. The number of hydrogen-bond donors (Lipinski definition) is 3. The summed E-state index contributed by atoms with van der Waals surface area (Å²) in [5, 5.41) is 12.7. The molecular weight excluding hydrogens is 452 g/mol. The molecule has 3 rings (SSSR count). The smallest absolute Gasteiger partial charge is 0.257 e. The molecule has 3 aromatic rings. The molecule has 168 valence electrons. The Morgan fingerprint density at radius 1 is 1.09 bits per heavy atom. The van der Waals surface area contributed by atoms with Crippen LogP contribution < -0.4 is 20.5 Å². The fourth-order valence-electron chi connectivity index (χ4n) is 2.78. The number of sulfonamides is 1. The van der Waals surface area contributed by atoms with Crippen LogP contribution in [0.15, 0.2) is 58.8 Å². The zero-order valence-electron chi connectivity index (χ0n) is 17.2. The maximum atomic E-state index is 12.3. The first-order chi connectivity index (χ1) is 15.2. The SMILES string of the molecule is COc1ccc(C(=O)Nc2nc(CC(=O)NCCc3ccc(S(N)(=O)=O)cc3)cs2)cc1. The number of amides is 2. The number of thiazole rings is 1. The van der Waals surface area contributed by atoms with E-state index in [9.17, 15) is 18.0 Å². The van der Waals surface area contributed by atoms with E-state index >= 15 is 0 Å². The third-order valence-electron chi connectivity index (χ3n) is 4.45. The molecule has 2 amide bonds. The van der Waals surface area contributed by atoms with Crippen molar-refractivity contribution in [3.63, 3.8) is 0 Å². The fraction of sp³-hybridized carbons (Fsp3) is 0.190. The van der Waals surface area contributed by atoms with Crippen molar-refractivity contribution in [2.45, 2.75) is 17.7 Å². The average molecular weight is 475 g/mol. The zero-order valence-corrected chi connectivity index (χ0v) is 18.8. The molecule has 2 aromatic carbocycles. The van der Waals surface area contributed by atoms with Gasteiger partial charge < -0.3 is 10.1 Å². The Hall–Kier alpha value is -3.28. The molecular formula is C21H22N4O5S2. The highest BCUT2D eigenvalue weighted by Gasteiger charge is 2.12. The number of carbonyl (C=O) groups is 2. The minimum Gasteiger partial charge on any atom is -0.497 e. The molecule has 1 aromatic heterocycles. The number of benzene rings is 2. The van der Waals surface area contributed by atoms with Crippen LogP contribution in [0.5, 0.6) is 5.75 Å². The minimum atomic E-state index is -3.72. The molecule has 4 N–H and O–H groups in total. The second-order valence-electron chi connectivity index (χ2n) is 6.79. The second kappa shape index (κ2) is 10.4. The Labute approximate surface area is 189 Å². The van der Waals surface area contributed by atoms with E-state index in [0.717, 1.165) is 5.56 Å². The van der Waals surface area contributed by atoms with E-state index in [1.54, 1.807) is 48.9 Å². The predicted molar refractivity (Wildman–Crippen MR) is 121 cm³/mol. The maximum absolute atomic E-state index is 12.3. The molecule has 32 heavy (non-hydrogen) atoms. The summed E-state index contributed by atoms with van der Waals surface area (Å²) in [6.07, 6.45) is 0.621. The summed E-state index contributed by atoms with van der Waals surface area (Å²) in [7, 11) is -2.17. The van der Waals surface area contributed by atoms with E-state index in [1.807, 2.05) is 0 Å². The van der Waals surface area contributed by atoms with Gasteiger partial charge >= 0.3 is 0 Å². The number of nitrogens with two attached hydrogens (primary N) is 1. The van der Waals surface area contributed by atoms with Gasteiger partial charge in [0, 0.05) is 17.5 Å². The van der Waals surface area contributed by atoms with Gasteiger partial charge in [-0.1, -0.05) is 12.1 Å². The summed E-state index contributed by atoms with van der Waals surface area (Å²) < 4.78 is 27.6. The van der Waals surface area contributed by atoms with E-state index in [4.69, 9.17) is 9.88 Å². The van der Waals surface area contributed by atoms with Gasteiger partial charge in [-0.05, 0) is 48.4 Å². The molecule has 0 bridgehead atoms. The van der Waals surface area contributed by atoms with E-state index in [-0.39, 0.29) is 23.1 Å². The third kappa shape index (κ3) is 6.61.